The van der Waals surface area contributed by atoms with Gasteiger partial charge in [-0.1, -0.05) is 90.1 Å². The van der Waals surface area contributed by atoms with Crippen LogP contribution in [0.15, 0.2) is 77.6 Å². The smallest absolute Gasteiger partial charge is 0.335 e. The fourth-order valence-electron chi connectivity index (χ4n) is 7.35. The van der Waals surface area contributed by atoms with Gasteiger partial charge in [-0.05, 0) is 60.2 Å². The molecule has 0 radical (unpaired) electrons. The minimum atomic E-state index is -0.956. The molecule has 6 rings (SSSR count). The lowest BCUT2D eigenvalue weighted by Crippen LogP contribution is -2.42. The fourth-order valence-corrected chi connectivity index (χ4v) is 7.35. The number of aromatic carboxylic acids is 1. The van der Waals surface area contributed by atoms with Crippen LogP contribution in [0, 0.1) is 0 Å². The van der Waals surface area contributed by atoms with Crippen molar-refractivity contribution in [2.24, 2.45) is 0 Å². The zero-order chi connectivity index (χ0) is 31.9. The van der Waals surface area contributed by atoms with Gasteiger partial charge in [-0.2, -0.15) is 0 Å². The zero-order valence-electron chi connectivity index (χ0n) is 26.9. The van der Waals surface area contributed by atoms with Crippen LogP contribution in [0.4, 0.5) is 5.69 Å². The van der Waals surface area contributed by atoms with Gasteiger partial charge in [0, 0.05) is 45.8 Å². The molecule has 6 nitrogen and oxygen atoms in total. The molecule has 1 unspecified atom stereocenters. The number of carboxylic acid groups (broad SMARTS) is 1. The van der Waals surface area contributed by atoms with E-state index in [1.807, 2.05) is 18.2 Å². The maximum Gasteiger partial charge on any atom is 0.335 e. The first-order valence-corrected chi connectivity index (χ1v) is 16.5. The van der Waals surface area contributed by atoms with Crippen molar-refractivity contribution in [2.75, 3.05) is 11.4 Å². The molecule has 1 aliphatic carbocycles. The summed E-state index contributed by atoms with van der Waals surface area (Å²) in [6.45, 7) is 10.2. The fraction of sp³-hybridized carbons (Fsp3) is 0.385. The number of carbonyl (C=O) groups is 2. The number of aromatic nitrogens is 1. The molecule has 1 atom stereocenters. The first-order chi connectivity index (χ1) is 21.7. The number of nitrogens with zero attached hydrogens (tertiary/aromatic N) is 2. The lowest BCUT2D eigenvalue weighted by atomic mass is 9.77. The molecule has 0 saturated heterocycles. The molecule has 0 amide bonds. The lowest BCUT2D eigenvalue weighted by molar-refractivity contribution is -0.113. The van der Waals surface area contributed by atoms with E-state index in [4.69, 9.17) is 0 Å². The topological polar surface area (TPSA) is 82.8 Å². The number of fused-ring (bicyclic) bond motifs is 1. The Morgan fingerprint density at radius 2 is 1.67 bits per heavy atom. The average molecular weight is 605 g/mol. The third-order valence-electron chi connectivity index (χ3n) is 9.91. The highest BCUT2D eigenvalue weighted by atomic mass is 16.4. The summed E-state index contributed by atoms with van der Waals surface area (Å²) in [5, 5.41) is 25.5. The third-order valence-corrected chi connectivity index (χ3v) is 9.91. The summed E-state index contributed by atoms with van der Waals surface area (Å²) in [5.41, 5.74) is 3.57. The standard InChI is InChI=1S/C39H44N2O4/c1-5-7-9-10-11-21-40-32-17-13-15-25-14-12-16-27(35(25)32)33(40)23-28-36(42)29(37(28)43)24-34-39(3,4)30-22-26(38(44)45)18-19-31(30)41(34)20-8-6-2/h12-19,22-24,34,42H,5-11,20-21H2,1-4H3,(H,44,45)/b29-24?,33-23-. The van der Waals surface area contributed by atoms with Gasteiger partial charge in [0.05, 0.1) is 22.8 Å². The Hall–Kier alpha value is -4.32. The van der Waals surface area contributed by atoms with Crippen molar-refractivity contribution >= 4 is 45.2 Å². The molecule has 2 N–H and O–H groups in total. The molecule has 1 aromatic heterocycles. The number of carboxylic acids is 1. The number of Topliss-reactive ketones (excluding diaryl/α,β-unsaturated/α-hetero) is 1. The van der Waals surface area contributed by atoms with E-state index in [1.165, 1.54) is 30.0 Å². The van der Waals surface area contributed by atoms with Crippen LogP contribution in [0.25, 0.3) is 27.8 Å². The van der Waals surface area contributed by atoms with Gasteiger partial charge in [0.15, 0.2) is 5.78 Å². The minimum absolute atomic E-state index is 0.0342. The van der Waals surface area contributed by atoms with E-state index in [-0.39, 0.29) is 23.1 Å². The van der Waals surface area contributed by atoms with E-state index in [0.29, 0.717) is 11.1 Å². The van der Waals surface area contributed by atoms with Crippen LogP contribution >= 0.6 is 0 Å². The van der Waals surface area contributed by atoms with Crippen molar-refractivity contribution in [3.63, 3.8) is 0 Å². The van der Waals surface area contributed by atoms with E-state index in [0.717, 1.165) is 66.3 Å². The molecular weight excluding hydrogens is 560 g/mol. The first kappa shape index (κ1) is 30.7. The van der Waals surface area contributed by atoms with E-state index in [2.05, 4.69) is 73.6 Å². The van der Waals surface area contributed by atoms with Gasteiger partial charge in [0.1, 0.15) is 5.76 Å². The molecule has 0 bridgehead atoms. The number of hydrogen-bond donors (Lipinski definition) is 2. The van der Waals surface area contributed by atoms with Gasteiger partial charge < -0.3 is 19.7 Å². The highest BCUT2D eigenvalue weighted by Crippen LogP contribution is 2.47. The summed E-state index contributed by atoms with van der Waals surface area (Å²) >= 11 is 0. The molecular formula is C39H44N2O4. The second kappa shape index (κ2) is 12.2. The van der Waals surface area contributed by atoms with Crippen LogP contribution in [0.1, 0.15) is 88.6 Å². The van der Waals surface area contributed by atoms with Gasteiger partial charge in [0.2, 0.25) is 0 Å². The predicted molar refractivity (Wildman–Crippen MR) is 183 cm³/mol. The third kappa shape index (κ3) is 5.24. The predicted octanol–water partition coefficient (Wildman–Crippen LogP) is 8.25. The second-order valence-corrected chi connectivity index (χ2v) is 13.2. The molecule has 45 heavy (non-hydrogen) atoms. The molecule has 2 heterocycles. The van der Waals surface area contributed by atoms with Crippen molar-refractivity contribution < 1.29 is 19.8 Å². The quantitative estimate of drug-likeness (QED) is 0.126. The summed E-state index contributed by atoms with van der Waals surface area (Å²) < 4.78 is 2.32. The van der Waals surface area contributed by atoms with Crippen LogP contribution in [-0.2, 0) is 16.8 Å². The summed E-state index contributed by atoms with van der Waals surface area (Å²) in [6.07, 6.45) is 11.6. The van der Waals surface area contributed by atoms with Gasteiger partial charge in [-0.3, -0.25) is 4.79 Å². The number of rotatable bonds is 12. The van der Waals surface area contributed by atoms with E-state index in [1.54, 1.807) is 12.1 Å². The number of hydrogen-bond acceptors (Lipinski definition) is 4. The molecule has 0 saturated carbocycles. The largest absolute Gasteiger partial charge is 0.506 e. The van der Waals surface area contributed by atoms with E-state index >= 15 is 0 Å². The SMILES string of the molecule is CCCCCCCn1/c(=C\C2=C(O)C(=CC3N(CCCC)c4ccc(C(=O)O)cc4C3(C)C)C2=O)c2cccc3cccc1c32. The lowest BCUT2D eigenvalue weighted by Gasteiger charge is -2.34. The van der Waals surface area contributed by atoms with Crippen molar-refractivity contribution in [3.8, 4) is 0 Å². The molecule has 0 spiro atoms. The van der Waals surface area contributed by atoms with Crippen LogP contribution in [0.2, 0.25) is 0 Å². The van der Waals surface area contributed by atoms with Crippen molar-refractivity contribution in [1.29, 1.82) is 0 Å². The van der Waals surface area contributed by atoms with E-state index in [9.17, 15) is 19.8 Å². The van der Waals surface area contributed by atoms with Crippen molar-refractivity contribution in [1.82, 2.24) is 4.57 Å². The Bertz CT molecular complexity index is 1900. The first-order valence-electron chi connectivity index (χ1n) is 16.5. The van der Waals surface area contributed by atoms with Gasteiger partial charge in [0.25, 0.3) is 0 Å². The van der Waals surface area contributed by atoms with Gasteiger partial charge in [-0.25, -0.2) is 4.79 Å². The Balaban J connectivity index is 1.41. The number of ketones is 1. The number of allylic oxidation sites excluding steroid dienone is 2. The molecule has 4 aromatic rings. The molecule has 6 heteroatoms. The Morgan fingerprint density at radius 3 is 2.38 bits per heavy atom. The monoisotopic (exact) mass is 604 g/mol. The van der Waals surface area contributed by atoms with Crippen LogP contribution in [0.5, 0.6) is 0 Å². The minimum Gasteiger partial charge on any atom is -0.506 e. The summed E-state index contributed by atoms with van der Waals surface area (Å²) in [5.74, 6) is -1.07. The number of unbranched alkanes of at least 4 members (excludes halogenated alkanes) is 5. The van der Waals surface area contributed by atoms with Crippen LogP contribution < -0.4 is 10.2 Å². The number of anilines is 1. The highest BCUT2D eigenvalue weighted by Gasteiger charge is 2.45. The highest BCUT2D eigenvalue weighted by molar-refractivity contribution is 6.24. The zero-order valence-corrected chi connectivity index (χ0v) is 26.9. The van der Waals surface area contributed by atoms with Crippen LogP contribution in [-0.4, -0.2) is 39.1 Å². The number of aliphatic hydroxyl groups excluding tert-OH is 1. The second-order valence-electron chi connectivity index (χ2n) is 13.2. The van der Waals surface area contributed by atoms with Gasteiger partial charge >= 0.3 is 5.97 Å². The van der Waals surface area contributed by atoms with Crippen molar-refractivity contribution in [2.45, 2.75) is 90.6 Å². The van der Waals surface area contributed by atoms with Crippen molar-refractivity contribution in [3.05, 3.63) is 94.1 Å². The number of aliphatic hydroxyl groups is 1. The van der Waals surface area contributed by atoms with Crippen LogP contribution in [0.3, 0.4) is 0 Å². The Morgan fingerprint density at radius 1 is 0.933 bits per heavy atom. The number of aryl methyl sites for hydroxylation is 1. The summed E-state index contributed by atoms with van der Waals surface area (Å²) in [6, 6.07) is 17.8. The summed E-state index contributed by atoms with van der Waals surface area (Å²) in [7, 11) is 0. The summed E-state index contributed by atoms with van der Waals surface area (Å²) in [4.78, 5) is 27.9. The number of carbonyl (C=O) groups excluding carboxylic acids is 1. The molecule has 0 fully saturated rings. The molecule has 2 aliphatic rings. The Kier molecular flexibility index (Phi) is 8.34. The van der Waals surface area contributed by atoms with E-state index < -0.39 is 11.4 Å². The molecule has 234 valence electrons. The normalized spacial score (nSPS) is 18.9. The average Bonchev–Trinajstić information content (AvgIpc) is 3.45. The molecule has 1 aliphatic heterocycles. The maximum absolute atomic E-state index is 13.8. The Labute approximate surface area is 265 Å². The molecule has 3 aromatic carbocycles. The maximum atomic E-state index is 13.8. The van der Waals surface area contributed by atoms with Gasteiger partial charge in [-0.15, -0.1) is 0 Å². The number of benzene rings is 3.